The molecule has 0 aliphatic heterocycles. The summed E-state index contributed by atoms with van der Waals surface area (Å²) in [7, 11) is 2.72. The summed E-state index contributed by atoms with van der Waals surface area (Å²) in [6.45, 7) is 2.37. The number of hydrogen-bond acceptors (Lipinski definition) is 11. The van der Waals surface area contributed by atoms with Crippen LogP contribution in [-0.4, -0.2) is 96.7 Å². The van der Waals surface area contributed by atoms with Crippen molar-refractivity contribution in [1.82, 2.24) is 20.9 Å². The fourth-order valence-corrected chi connectivity index (χ4v) is 5.66. The normalized spacial score (nSPS) is 14.0. The summed E-state index contributed by atoms with van der Waals surface area (Å²) < 4.78 is 21.6. The molecule has 2 aromatic carbocycles. The average Bonchev–Trinajstić information content (AvgIpc) is 3.53. The highest BCUT2D eigenvalue weighted by atomic mass is 127. The number of ether oxygens (including phenoxy) is 4. The fourth-order valence-electron chi connectivity index (χ4n) is 4.45. The van der Waals surface area contributed by atoms with Crippen LogP contribution in [0.2, 0.25) is 0 Å². The van der Waals surface area contributed by atoms with Gasteiger partial charge in [-0.15, -0.1) is 11.3 Å². The van der Waals surface area contributed by atoms with Gasteiger partial charge >= 0.3 is 5.97 Å². The lowest BCUT2D eigenvalue weighted by atomic mass is 9.92. The summed E-state index contributed by atoms with van der Waals surface area (Å²) in [6, 6.07) is 14.1. The van der Waals surface area contributed by atoms with E-state index in [1.807, 2.05) is 34.7 Å². The topological polar surface area (TPSA) is 171 Å². The molecule has 0 fully saturated rings. The maximum absolute atomic E-state index is 14.1. The number of hydrogen-bond donors (Lipinski definition) is 3. The second-order valence-corrected chi connectivity index (χ2v) is 12.8. The number of Topliss-reactive ketones (excluding diaryl/α,β-unsaturated/α-hetero) is 1. The van der Waals surface area contributed by atoms with Crippen molar-refractivity contribution < 1.29 is 42.9 Å². The number of benzene rings is 2. The summed E-state index contributed by atoms with van der Waals surface area (Å²) in [4.78, 5) is 71.0. The number of rotatable bonds is 19. The summed E-state index contributed by atoms with van der Waals surface area (Å²) in [5, 5.41) is 8.60. The van der Waals surface area contributed by atoms with E-state index in [0.717, 1.165) is 16.9 Å². The molecule has 13 nitrogen and oxygen atoms in total. The van der Waals surface area contributed by atoms with Crippen LogP contribution in [0.5, 0.6) is 5.75 Å². The number of nitrogens with one attached hydrogen (secondary N) is 3. The number of esters is 1. The zero-order valence-corrected chi connectivity index (χ0v) is 30.0. The molecule has 0 aliphatic rings. The number of para-hydroxylation sites is 1. The van der Waals surface area contributed by atoms with Gasteiger partial charge in [-0.25, -0.2) is 9.78 Å². The molecule has 0 saturated carbocycles. The van der Waals surface area contributed by atoms with Gasteiger partial charge in [-0.05, 0) is 38.0 Å². The molecule has 3 rings (SSSR count). The Kier molecular flexibility index (Phi) is 15.4. The summed E-state index contributed by atoms with van der Waals surface area (Å²) in [5.74, 6) is -2.83. The molecule has 0 saturated heterocycles. The molecule has 0 aliphatic carbocycles. The average molecular weight is 795 g/mol. The Bertz CT molecular complexity index is 1530. The highest BCUT2D eigenvalue weighted by Crippen LogP contribution is 2.21. The molecule has 0 spiro atoms. The number of carbonyl (C=O) groups is 5. The van der Waals surface area contributed by atoms with Crippen LogP contribution in [0.15, 0.2) is 66.9 Å². The van der Waals surface area contributed by atoms with Crippen molar-refractivity contribution in [3.8, 4) is 5.75 Å². The molecular formula is C33H39IN4O9S. The Morgan fingerprint density at radius 1 is 0.854 bits per heavy atom. The van der Waals surface area contributed by atoms with Gasteiger partial charge in [-0.2, -0.15) is 0 Å². The van der Waals surface area contributed by atoms with E-state index in [9.17, 15) is 24.0 Å². The highest BCUT2D eigenvalue weighted by Gasteiger charge is 2.42. The molecule has 3 amide bonds. The number of ketones is 1. The van der Waals surface area contributed by atoms with Gasteiger partial charge in [0.15, 0.2) is 18.0 Å². The van der Waals surface area contributed by atoms with Crippen molar-refractivity contribution in [3.05, 3.63) is 82.3 Å². The molecule has 0 bridgehead atoms. The van der Waals surface area contributed by atoms with E-state index in [0.29, 0.717) is 15.6 Å². The first kappa shape index (κ1) is 38.5. The SMILES string of the molecule is COC[C@H](NC(=O)c1cnc(C)s1)C(=O)N[C@@H](COC)C(=O)N[C@@H](Cc1ccccc1)C(=O)C(C)(CI)OC(=O)COc1ccccc1. The van der Waals surface area contributed by atoms with Crippen molar-refractivity contribution in [2.24, 2.45) is 0 Å². The Hall–Kier alpha value is -3.93. The van der Waals surface area contributed by atoms with Crippen molar-refractivity contribution in [2.45, 2.75) is 44.0 Å². The first-order valence-electron chi connectivity index (χ1n) is 14.9. The van der Waals surface area contributed by atoms with Gasteiger partial charge in [-0.1, -0.05) is 71.1 Å². The Balaban J connectivity index is 1.77. The van der Waals surface area contributed by atoms with Crippen molar-refractivity contribution in [3.63, 3.8) is 0 Å². The van der Waals surface area contributed by atoms with Gasteiger partial charge in [0.1, 0.15) is 22.7 Å². The third-order valence-electron chi connectivity index (χ3n) is 6.90. The fraction of sp³-hybridized carbons (Fsp3) is 0.394. The van der Waals surface area contributed by atoms with Crippen LogP contribution in [0.3, 0.4) is 0 Å². The number of nitrogens with zero attached hydrogens (tertiary/aromatic N) is 1. The second-order valence-electron chi connectivity index (χ2n) is 10.8. The third kappa shape index (κ3) is 11.6. The summed E-state index contributed by atoms with van der Waals surface area (Å²) in [6.07, 6.45) is 1.47. The number of carbonyl (C=O) groups excluding carboxylic acids is 5. The van der Waals surface area contributed by atoms with Crippen LogP contribution in [0.25, 0.3) is 0 Å². The Morgan fingerprint density at radius 3 is 1.96 bits per heavy atom. The van der Waals surface area contributed by atoms with Gasteiger partial charge in [0.05, 0.1) is 30.5 Å². The molecular weight excluding hydrogens is 755 g/mol. The zero-order chi connectivity index (χ0) is 35.1. The number of amides is 3. The van der Waals surface area contributed by atoms with Crippen LogP contribution in [0.1, 0.15) is 27.2 Å². The molecule has 48 heavy (non-hydrogen) atoms. The minimum atomic E-state index is -1.63. The lowest BCUT2D eigenvalue weighted by Gasteiger charge is -2.31. The molecule has 0 radical (unpaired) electrons. The lowest BCUT2D eigenvalue weighted by molar-refractivity contribution is -0.166. The smallest absolute Gasteiger partial charge is 0.345 e. The number of methoxy groups -OCH3 is 2. The summed E-state index contributed by atoms with van der Waals surface area (Å²) in [5.41, 5.74) is -0.896. The highest BCUT2D eigenvalue weighted by molar-refractivity contribution is 14.1. The van der Waals surface area contributed by atoms with Crippen molar-refractivity contribution in [1.29, 1.82) is 0 Å². The molecule has 3 aromatic rings. The van der Waals surface area contributed by atoms with Crippen molar-refractivity contribution in [2.75, 3.05) is 38.5 Å². The zero-order valence-electron chi connectivity index (χ0n) is 27.0. The number of halogens is 1. The predicted octanol–water partition coefficient (Wildman–Crippen LogP) is 2.44. The van der Waals surface area contributed by atoms with Gasteiger partial charge in [-0.3, -0.25) is 19.2 Å². The van der Waals surface area contributed by atoms with Crippen LogP contribution >= 0.6 is 33.9 Å². The largest absolute Gasteiger partial charge is 0.482 e. The maximum Gasteiger partial charge on any atom is 0.345 e. The van der Waals surface area contributed by atoms with Crippen molar-refractivity contribution >= 4 is 63.4 Å². The standard InChI is InChI=1S/C33H39IN4O9S/c1-21-35-16-27(48-21)32(43)38-26(18-45-4)31(42)37-25(17-44-3)30(41)36-24(15-22-11-7-5-8-12-22)29(40)33(2,20-34)47-28(39)19-46-23-13-9-6-10-14-23/h5-14,16,24-26H,15,17-20H2,1-4H3,(H,36,41)(H,37,42)(H,38,43)/t24-,25-,26-,33?/m0/s1. The first-order chi connectivity index (χ1) is 23.0. The molecule has 4 atom stereocenters. The first-order valence-corrected chi connectivity index (χ1v) is 17.2. The molecule has 15 heteroatoms. The Labute approximate surface area is 296 Å². The third-order valence-corrected chi connectivity index (χ3v) is 9.26. The Morgan fingerprint density at radius 2 is 1.42 bits per heavy atom. The van der Waals surface area contributed by atoms with Crippen LogP contribution in [-0.2, 0) is 39.8 Å². The van der Waals surface area contributed by atoms with Gasteiger partial charge in [0.25, 0.3) is 5.91 Å². The van der Waals surface area contributed by atoms with Gasteiger partial charge in [0.2, 0.25) is 11.8 Å². The maximum atomic E-state index is 14.1. The lowest BCUT2D eigenvalue weighted by Crippen LogP contribution is -2.60. The van der Waals surface area contributed by atoms with Crippen LogP contribution in [0, 0.1) is 6.92 Å². The van der Waals surface area contributed by atoms with E-state index < -0.39 is 59.8 Å². The predicted molar refractivity (Wildman–Crippen MR) is 186 cm³/mol. The molecule has 258 valence electrons. The minimum absolute atomic E-state index is 0.0694. The number of aromatic nitrogens is 1. The second kappa shape index (κ2) is 19.2. The van der Waals surface area contributed by atoms with Crippen LogP contribution in [0.4, 0.5) is 0 Å². The van der Waals surface area contributed by atoms with E-state index in [1.165, 1.54) is 27.3 Å². The quantitative estimate of drug-likeness (QED) is 0.0931. The van der Waals surface area contributed by atoms with Crippen LogP contribution < -0.4 is 20.7 Å². The number of alkyl halides is 1. The van der Waals surface area contributed by atoms with E-state index in [4.69, 9.17) is 18.9 Å². The molecule has 1 aromatic heterocycles. The molecule has 3 N–H and O–H groups in total. The van der Waals surface area contributed by atoms with E-state index >= 15 is 0 Å². The minimum Gasteiger partial charge on any atom is -0.482 e. The van der Waals surface area contributed by atoms with E-state index in [1.54, 1.807) is 55.5 Å². The van der Waals surface area contributed by atoms with E-state index in [2.05, 4.69) is 20.9 Å². The van der Waals surface area contributed by atoms with Gasteiger partial charge < -0.3 is 34.9 Å². The monoisotopic (exact) mass is 794 g/mol. The summed E-state index contributed by atoms with van der Waals surface area (Å²) >= 11 is 3.11. The molecule has 1 unspecified atom stereocenters. The number of thiazole rings is 1. The number of aryl methyl sites for hydroxylation is 1. The van der Waals surface area contributed by atoms with E-state index in [-0.39, 0.29) is 24.1 Å². The molecule has 1 heterocycles. The van der Waals surface area contributed by atoms with Gasteiger partial charge in [0, 0.05) is 18.6 Å².